The standard InChI is InChI=1S/C23H31FN4O3.HI/c1-25-23(26-13-16-5-6-22(24)17(9-16)15-29-2)27-18-7-8-28(14-18)19-10-20(30-3)12-21(11-19)31-4;/h5-6,9-12,18H,7-8,13-15H2,1-4H3,(H2,25,26,27);1H. The monoisotopic (exact) mass is 558 g/mol. The lowest BCUT2D eigenvalue weighted by Gasteiger charge is -2.21. The van der Waals surface area contributed by atoms with Crippen LogP contribution in [0.1, 0.15) is 17.5 Å². The summed E-state index contributed by atoms with van der Waals surface area (Å²) in [5.74, 6) is 2.01. The largest absolute Gasteiger partial charge is 0.497 e. The van der Waals surface area contributed by atoms with Crippen LogP contribution < -0.4 is 25.0 Å². The number of aliphatic imine (C=N–C) groups is 1. The molecule has 1 unspecified atom stereocenters. The summed E-state index contributed by atoms with van der Waals surface area (Å²) in [5.41, 5.74) is 2.58. The Morgan fingerprint density at radius 2 is 1.84 bits per heavy atom. The van der Waals surface area contributed by atoms with Crippen molar-refractivity contribution in [2.45, 2.75) is 25.6 Å². The fraction of sp³-hybridized carbons (Fsp3) is 0.435. The summed E-state index contributed by atoms with van der Waals surface area (Å²) in [6, 6.07) is 11.2. The molecule has 1 fully saturated rings. The third kappa shape index (κ3) is 6.86. The smallest absolute Gasteiger partial charge is 0.191 e. The minimum absolute atomic E-state index is 0. The van der Waals surface area contributed by atoms with Crippen molar-refractivity contribution in [1.82, 2.24) is 10.6 Å². The lowest BCUT2D eigenvalue weighted by molar-refractivity contribution is 0.181. The van der Waals surface area contributed by atoms with Gasteiger partial charge in [-0.3, -0.25) is 4.99 Å². The van der Waals surface area contributed by atoms with Crippen LogP contribution in [0.25, 0.3) is 0 Å². The molecule has 0 saturated carbocycles. The molecular weight excluding hydrogens is 526 g/mol. The van der Waals surface area contributed by atoms with Crippen molar-refractivity contribution in [3.63, 3.8) is 0 Å². The number of hydrogen-bond donors (Lipinski definition) is 2. The second kappa shape index (κ2) is 12.7. The molecule has 0 bridgehead atoms. The first-order chi connectivity index (χ1) is 15.1. The first kappa shape index (κ1) is 26.0. The van der Waals surface area contributed by atoms with Crippen LogP contribution in [0.3, 0.4) is 0 Å². The maximum Gasteiger partial charge on any atom is 0.191 e. The fourth-order valence-electron chi connectivity index (χ4n) is 3.67. The number of guanidine groups is 1. The van der Waals surface area contributed by atoms with E-state index in [0.29, 0.717) is 18.1 Å². The molecule has 32 heavy (non-hydrogen) atoms. The van der Waals surface area contributed by atoms with Crippen molar-refractivity contribution in [1.29, 1.82) is 0 Å². The Kier molecular flexibility index (Phi) is 10.3. The van der Waals surface area contributed by atoms with Crippen molar-refractivity contribution in [3.8, 4) is 11.5 Å². The van der Waals surface area contributed by atoms with Crippen LogP contribution in [-0.4, -0.2) is 53.5 Å². The zero-order valence-corrected chi connectivity index (χ0v) is 21.3. The third-order valence-corrected chi connectivity index (χ3v) is 5.32. The summed E-state index contributed by atoms with van der Waals surface area (Å²) in [6.07, 6.45) is 0.981. The number of nitrogens with zero attached hydrogens (tertiary/aromatic N) is 2. The van der Waals surface area contributed by atoms with Gasteiger partial charge in [0.25, 0.3) is 0 Å². The van der Waals surface area contributed by atoms with Gasteiger partial charge in [-0.2, -0.15) is 0 Å². The predicted octanol–water partition coefficient (Wildman–Crippen LogP) is 3.55. The highest BCUT2D eigenvalue weighted by atomic mass is 127. The average molecular weight is 558 g/mol. The minimum Gasteiger partial charge on any atom is -0.497 e. The van der Waals surface area contributed by atoms with Crippen molar-refractivity contribution in [2.75, 3.05) is 46.4 Å². The summed E-state index contributed by atoms with van der Waals surface area (Å²) in [7, 11) is 6.61. The molecule has 7 nitrogen and oxygen atoms in total. The summed E-state index contributed by atoms with van der Waals surface area (Å²) < 4.78 is 29.6. The first-order valence-electron chi connectivity index (χ1n) is 10.3. The van der Waals surface area contributed by atoms with Gasteiger partial charge in [-0.15, -0.1) is 24.0 Å². The van der Waals surface area contributed by atoms with Crippen LogP contribution in [0.2, 0.25) is 0 Å². The number of ether oxygens (including phenoxy) is 3. The van der Waals surface area contributed by atoms with Gasteiger partial charge in [-0.1, -0.05) is 6.07 Å². The maximum absolute atomic E-state index is 13.8. The van der Waals surface area contributed by atoms with Gasteiger partial charge < -0.3 is 29.7 Å². The molecule has 2 aromatic carbocycles. The molecular formula is C23H32FIN4O3. The molecule has 0 spiro atoms. The van der Waals surface area contributed by atoms with E-state index in [9.17, 15) is 4.39 Å². The number of benzene rings is 2. The van der Waals surface area contributed by atoms with E-state index in [2.05, 4.69) is 20.5 Å². The van der Waals surface area contributed by atoms with Gasteiger partial charge in [0, 0.05) is 69.3 Å². The topological polar surface area (TPSA) is 67.4 Å². The van der Waals surface area contributed by atoms with Gasteiger partial charge in [-0.05, 0) is 24.1 Å². The molecule has 0 aromatic heterocycles. The number of rotatable bonds is 8. The quantitative estimate of drug-likeness (QED) is 0.294. The summed E-state index contributed by atoms with van der Waals surface area (Å²) >= 11 is 0. The molecule has 0 radical (unpaired) electrons. The van der Waals surface area contributed by atoms with E-state index < -0.39 is 0 Å². The van der Waals surface area contributed by atoms with Crippen molar-refractivity contribution >= 4 is 35.6 Å². The molecule has 2 N–H and O–H groups in total. The normalized spacial score (nSPS) is 15.8. The number of halogens is 2. The highest BCUT2D eigenvalue weighted by Gasteiger charge is 2.24. The van der Waals surface area contributed by atoms with E-state index in [1.165, 1.54) is 6.07 Å². The van der Waals surface area contributed by atoms with E-state index in [0.717, 1.165) is 42.3 Å². The first-order valence-corrected chi connectivity index (χ1v) is 10.3. The van der Waals surface area contributed by atoms with E-state index in [1.807, 2.05) is 24.3 Å². The molecule has 2 aromatic rings. The van der Waals surface area contributed by atoms with E-state index in [4.69, 9.17) is 14.2 Å². The van der Waals surface area contributed by atoms with Crippen LogP contribution >= 0.6 is 24.0 Å². The number of hydrogen-bond acceptors (Lipinski definition) is 5. The van der Waals surface area contributed by atoms with Gasteiger partial charge in [0.2, 0.25) is 0 Å². The van der Waals surface area contributed by atoms with Gasteiger partial charge in [0.1, 0.15) is 17.3 Å². The Hall–Kier alpha value is -2.27. The summed E-state index contributed by atoms with van der Waals surface area (Å²) in [5, 5.41) is 6.79. The number of anilines is 1. The summed E-state index contributed by atoms with van der Waals surface area (Å²) in [4.78, 5) is 6.63. The average Bonchev–Trinajstić information content (AvgIpc) is 3.27. The van der Waals surface area contributed by atoms with Gasteiger partial charge in [0.15, 0.2) is 5.96 Å². The highest BCUT2D eigenvalue weighted by molar-refractivity contribution is 14.0. The lowest BCUT2D eigenvalue weighted by atomic mass is 10.1. The number of nitrogens with one attached hydrogen (secondary N) is 2. The van der Waals surface area contributed by atoms with E-state index >= 15 is 0 Å². The fourth-order valence-corrected chi connectivity index (χ4v) is 3.67. The number of methoxy groups -OCH3 is 3. The van der Waals surface area contributed by atoms with Gasteiger partial charge >= 0.3 is 0 Å². The molecule has 1 aliphatic rings. The Labute approximate surface area is 206 Å². The second-order valence-electron chi connectivity index (χ2n) is 7.43. The predicted molar refractivity (Wildman–Crippen MR) is 136 cm³/mol. The zero-order chi connectivity index (χ0) is 22.2. The molecule has 1 heterocycles. The van der Waals surface area contributed by atoms with Gasteiger partial charge in [0.05, 0.1) is 20.8 Å². The molecule has 176 valence electrons. The van der Waals surface area contributed by atoms with Crippen LogP contribution in [-0.2, 0) is 17.9 Å². The molecule has 0 aliphatic carbocycles. The Bertz CT molecular complexity index is 891. The minimum atomic E-state index is -0.256. The molecule has 1 saturated heterocycles. The lowest BCUT2D eigenvalue weighted by Crippen LogP contribution is -2.44. The van der Waals surface area contributed by atoms with Crippen LogP contribution in [0, 0.1) is 5.82 Å². The van der Waals surface area contributed by atoms with Crippen molar-refractivity contribution in [2.24, 2.45) is 4.99 Å². The van der Waals surface area contributed by atoms with Crippen molar-refractivity contribution < 1.29 is 18.6 Å². The maximum atomic E-state index is 13.8. The molecule has 3 rings (SSSR count). The Balaban J connectivity index is 0.00000363. The van der Waals surface area contributed by atoms with Crippen LogP contribution in [0.4, 0.5) is 10.1 Å². The van der Waals surface area contributed by atoms with Crippen LogP contribution in [0.5, 0.6) is 11.5 Å². The van der Waals surface area contributed by atoms with Gasteiger partial charge in [-0.25, -0.2) is 4.39 Å². The zero-order valence-electron chi connectivity index (χ0n) is 19.0. The Morgan fingerprint density at radius 3 is 2.47 bits per heavy atom. The molecule has 1 atom stereocenters. The van der Waals surface area contributed by atoms with Crippen LogP contribution in [0.15, 0.2) is 41.4 Å². The van der Waals surface area contributed by atoms with E-state index in [-0.39, 0.29) is 42.4 Å². The summed E-state index contributed by atoms with van der Waals surface area (Å²) in [6.45, 7) is 2.55. The highest BCUT2D eigenvalue weighted by Crippen LogP contribution is 2.30. The molecule has 1 aliphatic heterocycles. The SMILES string of the molecule is CN=C(NCc1ccc(F)c(COC)c1)NC1CCN(c2cc(OC)cc(OC)c2)C1.I. The second-order valence-corrected chi connectivity index (χ2v) is 7.43. The molecule has 0 amide bonds. The molecule has 9 heteroatoms. The van der Waals surface area contributed by atoms with Crippen molar-refractivity contribution in [3.05, 3.63) is 53.3 Å². The third-order valence-electron chi connectivity index (χ3n) is 5.32. The Morgan fingerprint density at radius 1 is 1.12 bits per heavy atom. The van der Waals surface area contributed by atoms with E-state index in [1.54, 1.807) is 34.4 Å².